The molecule has 0 fully saturated rings. The van der Waals surface area contributed by atoms with E-state index >= 15 is 0 Å². The van der Waals surface area contributed by atoms with Crippen molar-refractivity contribution in [3.8, 4) is 0 Å². The van der Waals surface area contributed by atoms with Gasteiger partial charge in [-0.3, -0.25) is 0 Å². The first-order valence-corrected chi connectivity index (χ1v) is 7.57. The first-order chi connectivity index (χ1) is 8.61. The smallest absolute Gasteiger partial charge is 0.0725 e. The topological polar surface area (TPSA) is 12.0 Å². The van der Waals surface area contributed by atoms with Crippen LogP contribution in [0.3, 0.4) is 0 Å². The van der Waals surface area contributed by atoms with Gasteiger partial charge in [0.25, 0.3) is 0 Å². The van der Waals surface area contributed by atoms with Gasteiger partial charge in [0, 0.05) is 9.90 Å². The average molecular weight is 321 g/mol. The molecular formula is C13H12Cl3NS. The molecule has 0 aliphatic heterocycles. The minimum atomic E-state index is 0.209. The van der Waals surface area contributed by atoms with Gasteiger partial charge in [-0.25, -0.2) is 0 Å². The highest BCUT2D eigenvalue weighted by atomic mass is 35.5. The lowest BCUT2D eigenvalue weighted by atomic mass is 10.1. The molecule has 0 aliphatic carbocycles. The summed E-state index contributed by atoms with van der Waals surface area (Å²) in [5, 5.41) is 7.07. The Kier molecular flexibility index (Phi) is 4.79. The normalized spacial score (nSPS) is 12.4. The van der Waals surface area contributed by atoms with E-state index in [0.29, 0.717) is 15.1 Å². The first-order valence-electron chi connectivity index (χ1n) is 5.56. The van der Waals surface area contributed by atoms with Crippen molar-refractivity contribution >= 4 is 51.8 Å². The predicted octanol–water partition coefficient (Wildman–Crippen LogP) is 6.27. The Morgan fingerprint density at radius 3 is 2.39 bits per heavy atom. The molecule has 0 radical (unpaired) electrons. The molecule has 5 heteroatoms. The van der Waals surface area contributed by atoms with Crippen LogP contribution in [-0.4, -0.2) is 0 Å². The van der Waals surface area contributed by atoms with Gasteiger partial charge in [-0.1, -0.05) is 47.8 Å². The van der Waals surface area contributed by atoms with E-state index < -0.39 is 0 Å². The standard InChI is InChI=1S/C13H12Cl3NS/c1-2-11(12-4-3-5-18-12)17-13-9(15)6-8(14)7-10(13)16/h3-7,11,17H,2H2,1H3. The third-order valence-electron chi connectivity index (χ3n) is 2.62. The van der Waals surface area contributed by atoms with Crippen LogP contribution in [0, 0.1) is 0 Å². The fraction of sp³-hybridized carbons (Fsp3) is 0.231. The Morgan fingerprint density at radius 2 is 1.89 bits per heavy atom. The summed E-state index contributed by atoms with van der Waals surface area (Å²) in [6.07, 6.45) is 0.954. The molecule has 0 aliphatic rings. The molecule has 1 atom stereocenters. The van der Waals surface area contributed by atoms with E-state index in [4.69, 9.17) is 34.8 Å². The van der Waals surface area contributed by atoms with Crippen molar-refractivity contribution in [3.05, 3.63) is 49.6 Å². The van der Waals surface area contributed by atoms with E-state index in [1.807, 2.05) is 6.07 Å². The van der Waals surface area contributed by atoms with Gasteiger partial charge in [0.05, 0.1) is 21.8 Å². The number of halogens is 3. The third-order valence-corrected chi connectivity index (χ3v) is 4.42. The zero-order chi connectivity index (χ0) is 13.1. The molecule has 0 bridgehead atoms. The molecule has 1 N–H and O–H groups in total. The third kappa shape index (κ3) is 3.12. The SMILES string of the molecule is CCC(Nc1c(Cl)cc(Cl)cc1Cl)c1cccs1. The summed E-state index contributed by atoms with van der Waals surface area (Å²) in [5.41, 5.74) is 0.739. The summed E-state index contributed by atoms with van der Waals surface area (Å²) >= 11 is 20.0. The molecule has 18 heavy (non-hydrogen) atoms. The minimum Gasteiger partial charge on any atom is -0.375 e. The van der Waals surface area contributed by atoms with Crippen LogP contribution >= 0.6 is 46.1 Å². The Labute approximate surface area is 126 Å². The van der Waals surface area contributed by atoms with Gasteiger partial charge in [0.1, 0.15) is 0 Å². The van der Waals surface area contributed by atoms with Crippen LogP contribution in [0.4, 0.5) is 5.69 Å². The van der Waals surface area contributed by atoms with Gasteiger partial charge in [-0.2, -0.15) is 0 Å². The maximum Gasteiger partial charge on any atom is 0.0725 e. The van der Waals surface area contributed by atoms with Gasteiger partial charge >= 0.3 is 0 Å². The van der Waals surface area contributed by atoms with Crippen molar-refractivity contribution < 1.29 is 0 Å². The molecule has 1 aromatic heterocycles. The fourth-order valence-electron chi connectivity index (χ4n) is 1.72. The van der Waals surface area contributed by atoms with Gasteiger partial charge < -0.3 is 5.32 Å². The molecule has 0 amide bonds. The van der Waals surface area contributed by atoms with Crippen molar-refractivity contribution in [1.82, 2.24) is 0 Å². The first kappa shape index (κ1) is 14.0. The quantitative estimate of drug-likeness (QED) is 0.700. The fourth-order valence-corrected chi connectivity index (χ4v) is 3.51. The van der Waals surface area contributed by atoms with E-state index in [9.17, 15) is 0 Å². The Hall–Kier alpha value is -0.410. The highest BCUT2D eigenvalue weighted by molar-refractivity contribution is 7.10. The van der Waals surface area contributed by atoms with Crippen molar-refractivity contribution in [1.29, 1.82) is 0 Å². The van der Waals surface area contributed by atoms with Crippen LogP contribution in [0.1, 0.15) is 24.3 Å². The van der Waals surface area contributed by atoms with Crippen LogP contribution < -0.4 is 5.32 Å². The van der Waals surface area contributed by atoms with Crippen LogP contribution in [0.25, 0.3) is 0 Å². The highest BCUT2D eigenvalue weighted by Crippen LogP contribution is 2.37. The summed E-state index contributed by atoms with van der Waals surface area (Å²) in [7, 11) is 0. The van der Waals surface area contributed by atoms with Crippen molar-refractivity contribution in [2.75, 3.05) is 5.32 Å². The number of hydrogen-bond acceptors (Lipinski definition) is 2. The van der Waals surface area contributed by atoms with Crippen LogP contribution in [0.2, 0.25) is 15.1 Å². The second-order valence-corrected chi connectivity index (χ2v) is 6.10. The van der Waals surface area contributed by atoms with Gasteiger partial charge in [-0.05, 0) is 30.0 Å². The van der Waals surface area contributed by atoms with Crippen LogP contribution in [0.5, 0.6) is 0 Å². The minimum absolute atomic E-state index is 0.209. The largest absolute Gasteiger partial charge is 0.375 e. The molecule has 96 valence electrons. The number of thiophene rings is 1. The molecular weight excluding hydrogens is 309 g/mol. The van der Waals surface area contributed by atoms with Crippen LogP contribution in [-0.2, 0) is 0 Å². The summed E-state index contributed by atoms with van der Waals surface area (Å²) in [5.74, 6) is 0. The maximum absolute atomic E-state index is 6.17. The summed E-state index contributed by atoms with van der Waals surface area (Å²) in [6, 6.07) is 7.73. The molecule has 2 rings (SSSR count). The molecule has 0 spiro atoms. The van der Waals surface area contributed by atoms with Gasteiger partial charge in [0.15, 0.2) is 0 Å². The van der Waals surface area contributed by atoms with Crippen LogP contribution in [0.15, 0.2) is 29.6 Å². The lowest BCUT2D eigenvalue weighted by Gasteiger charge is -2.19. The van der Waals surface area contributed by atoms with E-state index in [0.717, 1.165) is 12.1 Å². The number of hydrogen-bond donors (Lipinski definition) is 1. The molecule has 1 aromatic carbocycles. The molecule has 0 saturated carbocycles. The van der Waals surface area contributed by atoms with Gasteiger partial charge in [-0.15, -0.1) is 11.3 Å². The van der Waals surface area contributed by atoms with Crippen molar-refractivity contribution in [2.45, 2.75) is 19.4 Å². The maximum atomic E-state index is 6.17. The Morgan fingerprint density at radius 1 is 1.22 bits per heavy atom. The average Bonchev–Trinajstić information content (AvgIpc) is 2.81. The lowest BCUT2D eigenvalue weighted by Crippen LogP contribution is -2.08. The van der Waals surface area contributed by atoms with E-state index in [1.54, 1.807) is 23.5 Å². The molecule has 1 unspecified atom stereocenters. The van der Waals surface area contributed by atoms with Gasteiger partial charge in [0.2, 0.25) is 0 Å². The predicted molar refractivity (Wildman–Crippen MR) is 82.4 cm³/mol. The molecule has 1 heterocycles. The number of anilines is 1. The van der Waals surface area contributed by atoms with Crippen molar-refractivity contribution in [2.24, 2.45) is 0 Å². The van der Waals surface area contributed by atoms with E-state index in [2.05, 4.69) is 23.7 Å². The second kappa shape index (κ2) is 6.16. The highest BCUT2D eigenvalue weighted by Gasteiger charge is 2.14. The second-order valence-electron chi connectivity index (χ2n) is 3.87. The number of nitrogens with one attached hydrogen (secondary N) is 1. The number of benzene rings is 1. The molecule has 2 aromatic rings. The molecule has 1 nitrogen and oxygen atoms in total. The Bertz CT molecular complexity index is 502. The summed E-state index contributed by atoms with van der Waals surface area (Å²) in [4.78, 5) is 1.26. The Balaban J connectivity index is 2.28. The lowest BCUT2D eigenvalue weighted by molar-refractivity contribution is 0.764. The zero-order valence-corrected chi connectivity index (χ0v) is 12.8. The summed E-state index contributed by atoms with van der Waals surface area (Å²) < 4.78 is 0. The van der Waals surface area contributed by atoms with Crippen molar-refractivity contribution in [3.63, 3.8) is 0 Å². The monoisotopic (exact) mass is 319 g/mol. The zero-order valence-electron chi connectivity index (χ0n) is 9.71. The summed E-state index contributed by atoms with van der Waals surface area (Å²) in [6.45, 7) is 2.12. The van der Waals surface area contributed by atoms with E-state index in [1.165, 1.54) is 4.88 Å². The number of rotatable bonds is 4. The van der Waals surface area contributed by atoms with E-state index in [-0.39, 0.29) is 6.04 Å². The molecule has 0 saturated heterocycles.